The van der Waals surface area contributed by atoms with Crippen LogP contribution in [0.2, 0.25) is 0 Å². The molecule has 2 fully saturated rings. The minimum absolute atomic E-state index is 0.438. The Hall–Kier alpha value is -0.0800. The molecule has 2 unspecified atom stereocenters. The average Bonchev–Trinajstić information content (AvgIpc) is 2.44. The molecule has 2 aliphatic rings. The smallest absolute Gasteiger partial charge is 0.00955 e. The van der Waals surface area contributed by atoms with Gasteiger partial charge >= 0.3 is 0 Å². The van der Waals surface area contributed by atoms with Crippen LogP contribution in [0.3, 0.4) is 0 Å². The Balaban J connectivity index is 1.88. The van der Waals surface area contributed by atoms with Crippen LogP contribution >= 0.6 is 0 Å². The number of hydrogen-bond acceptors (Lipinski definition) is 2. The lowest BCUT2D eigenvalue weighted by Crippen LogP contribution is -2.46. The van der Waals surface area contributed by atoms with E-state index >= 15 is 0 Å². The van der Waals surface area contributed by atoms with E-state index in [-0.39, 0.29) is 0 Å². The first-order valence-corrected chi connectivity index (χ1v) is 8.60. The summed E-state index contributed by atoms with van der Waals surface area (Å²) in [7, 11) is 0. The Bertz CT molecular complexity index is 264. The lowest BCUT2D eigenvalue weighted by Gasteiger charge is -2.46. The van der Waals surface area contributed by atoms with Crippen LogP contribution < -0.4 is 11.5 Å². The molecule has 0 aromatic rings. The maximum atomic E-state index is 6.43. The highest BCUT2D eigenvalue weighted by Crippen LogP contribution is 2.46. The lowest BCUT2D eigenvalue weighted by atomic mass is 9.62. The van der Waals surface area contributed by atoms with E-state index in [9.17, 15) is 0 Å². The summed E-state index contributed by atoms with van der Waals surface area (Å²) in [4.78, 5) is 0. The fourth-order valence-electron chi connectivity index (χ4n) is 4.71. The summed E-state index contributed by atoms with van der Waals surface area (Å²) in [6.45, 7) is 4.68. The van der Waals surface area contributed by atoms with Crippen LogP contribution in [0, 0.1) is 17.3 Å². The molecule has 112 valence electrons. The van der Waals surface area contributed by atoms with E-state index in [1.165, 1.54) is 64.2 Å². The number of rotatable bonds is 4. The third-order valence-electron chi connectivity index (χ3n) is 6.33. The minimum Gasteiger partial charge on any atom is -0.328 e. The second kappa shape index (κ2) is 6.58. The summed E-state index contributed by atoms with van der Waals surface area (Å²) < 4.78 is 0. The molecule has 0 aromatic heterocycles. The maximum absolute atomic E-state index is 6.43. The predicted molar refractivity (Wildman–Crippen MR) is 82.9 cm³/mol. The first kappa shape index (κ1) is 15.3. The minimum atomic E-state index is 0.438. The third kappa shape index (κ3) is 3.52. The van der Waals surface area contributed by atoms with Gasteiger partial charge in [-0.15, -0.1) is 0 Å². The largest absolute Gasteiger partial charge is 0.328 e. The van der Waals surface area contributed by atoms with E-state index in [2.05, 4.69) is 13.8 Å². The van der Waals surface area contributed by atoms with Crippen molar-refractivity contribution in [3.05, 3.63) is 0 Å². The molecule has 0 aromatic carbocycles. The summed E-state index contributed by atoms with van der Waals surface area (Å²) in [6.07, 6.45) is 13.2. The van der Waals surface area contributed by atoms with E-state index < -0.39 is 0 Å². The zero-order valence-electron chi connectivity index (χ0n) is 13.0. The lowest BCUT2D eigenvalue weighted by molar-refractivity contribution is 0.0805. The molecular formula is C17H34N2. The highest BCUT2D eigenvalue weighted by Gasteiger charge is 2.39. The standard InChI is InChI=1S/C17H34N2/c1-3-17(4-2)12-14(7-10-16(17)19)11-13-5-8-15(18)9-6-13/h13-16H,3-12,18-19H2,1-2H3. The van der Waals surface area contributed by atoms with Gasteiger partial charge in [0.05, 0.1) is 0 Å². The SMILES string of the molecule is CCC1(CC)CC(CC2CCC(N)CC2)CCC1N. The van der Waals surface area contributed by atoms with E-state index in [1.807, 2.05) is 0 Å². The Morgan fingerprint density at radius 2 is 1.42 bits per heavy atom. The third-order valence-corrected chi connectivity index (χ3v) is 6.33. The average molecular weight is 266 g/mol. The van der Waals surface area contributed by atoms with Crippen molar-refractivity contribution in [3.63, 3.8) is 0 Å². The molecule has 2 nitrogen and oxygen atoms in total. The van der Waals surface area contributed by atoms with Gasteiger partial charge in [0.1, 0.15) is 0 Å². The molecule has 2 saturated carbocycles. The molecule has 0 spiro atoms. The van der Waals surface area contributed by atoms with Crippen LogP contribution in [0.5, 0.6) is 0 Å². The van der Waals surface area contributed by atoms with Crippen molar-refractivity contribution < 1.29 is 0 Å². The first-order chi connectivity index (χ1) is 9.09. The van der Waals surface area contributed by atoms with Gasteiger partial charge in [-0.05, 0) is 81.5 Å². The maximum Gasteiger partial charge on any atom is 0.00955 e. The molecule has 0 radical (unpaired) electrons. The second-order valence-electron chi connectivity index (χ2n) is 7.34. The Labute approximate surface area is 119 Å². The summed E-state index contributed by atoms with van der Waals surface area (Å²) in [5.41, 5.74) is 12.9. The van der Waals surface area contributed by atoms with E-state index in [1.54, 1.807) is 0 Å². The topological polar surface area (TPSA) is 52.0 Å². The molecule has 0 bridgehead atoms. The van der Waals surface area contributed by atoms with Crippen molar-refractivity contribution in [2.45, 2.75) is 90.1 Å². The van der Waals surface area contributed by atoms with Crippen molar-refractivity contribution in [2.24, 2.45) is 28.7 Å². The van der Waals surface area contributed by atoms with Crippen LogP contribution in [-0.2, 0) is 0 Å². The van der Waals surface area contributed by atoms with Crippen LogP contribution in [0.25, 0.3) is 0 Å². The molecule has 2 heteroatoms. The molecule has 19 heavy (non-hydrogen) atoms. The van der Waals surface area contributed by atoms with Crippen molar-refractivity contribution in [2.75, 3.05) is 0 Å². The molecule has 4 N–H and O–H groups in total. The highest BCUT2D eigenvalue weighted by atomic mass is 14.7. The number of hydrogen-bond donors (Lipinski definition) is 2. The van der Waals surface area contributed by atoms with E-state index in [0.717, 1.165) is 11.8 Å². The number of nitrogens with two attached hydrogens (primary N) is 2. The zero-order valence-corrected chi connectivity index (χ0v) is 13.0. The van der Waals surface area contributed by atoms with Crippen LogP contribution in [-0.4, -0.2) is 12.1 Å². The van der Waals surface area contributed by atoms with Gasteiger partial charge in [-0.2, -0.15) is 0 Å². The zero-order chi connectivity index (χ0) is 13.9. The predicted octanol–water partition coefficient (Wildman–Crippen LogP) is 3.83. The van der Waals surface area contributed by atoms with Gasteiger partial charge in [0, 0.05) is 12.1 Å². The molecule has 0 aliphatic heterocycles. The van der Waals surface area contributed by atoms with Gasteiger partial charge in [-0.3, -0.25) is 0 Å². The van der Waals surface area contributed by atoms with Gasteiger partial charge in [-0.25, -0.2) is 0 Å². The fraction of sp³-hybridized carbons (Fsp3) is 1.00. The first-order valence-electron chi connectivity index (χ1n) is 8.60. The molecule has 2 aliphatic carbocycles. The molecule has 0 saturated heterocycles. The van der Waals surface area contributed by atoms with Crippen LogP contribution in [0.1, 0.15) is 78.1 Å². The van der Waals surface area contributed by atoms with Crippen molar-refractivity contribution in [1.29, 1.82) is 0 Å². The van der Waals surface area contributed by atoms with Crippen LogP contribution in [0.15, 0.2) is 0 Å². The monoisotopic (exact) mass is 266 g/mol. The van der Waals surface area contributed by atoms with Crippen LogP contribution in [0.4, 0.5) is 0 Å². The Morgan fingerprint density at radius 3 is 2.00 bits per heavy atom. The van der Waals surface area contributed by atoms with Crippen molar-refractivity contribution in [3.8, 4) is 0 Å². The van der Waals surface area contributed by atoms with Gasteiger partial charge in [0.25, 0.3) is 0 Å². The van der Waals surface area contributed by atoms with E-state index in [0.29, 0.717) is 17.5 Å². The fourth-order valence-corrected chi connectivity index (χ4v) is 4.71. The second-order valence-corrected chi connectivity index (χ2v) is 7.34. The molecule has 2 rings (SSSR count). The van der Waals surface area contributed by atoms with Gasteiger partial charge in [0.15, 0.2) is 0 Å². The van der Waals surface area contributed by atoms with Crippen molar-refractivity contribution >= 4 is 0 Å². The van der Waals surface area contributed by atoms with E-state index in [4.69, 9.17) is 11.5 Å². The summed E-state index contributed by atoms with van der Waals surface area (Å²) in [6, 6.07) is 0.930. The summed E-state index contributed by atoms with van der Waals surface area (Å²) in [5.74, 6) is 1.88. The molecule has 0 heterocycles. The van der Waals surface area contributed by atoms with Gasteiger partial charge < -0.3 is 11.5 Å². The normalized spacial score (nSPS) is 39.2. The van der Waals surface area contributed by atoms with Crippen molar-refractivity contribution in [1.82, 2.24) is 0 Å². The molecule has 0 amide bonds. The molecule has 2 atom stereocenters. The summed E-state index contributed by atoms with van der Waals surface area (Å²) >= 11 is 0. The molecular weight excluding hydrogens is 232 g/mol. The Kier molecular flexibility index (Phi) is 5.30. The summed E-state index contributed by atoms with van der Waals surface area (Å²) in [5, 5.41) is 0. The van der Waals surface area contributed by atoms with Gasteiger partial charge in [-0.1, -0.05) is 13.8 Å². The van der Waals surface area contributed by atoms with Gasteiger partial charge in [0.2, 0.25) is 0 Å². The quantitative estimate of drug-likeness (QED) is 0.812. The highest BCUT2D eigenvalue weighted by molar-refractivity contribution is 4.94. The Morgan fingerprint density at radius 1 is 0.842 bits per heavy atom.